The number of halogens is 2. The first-order chi connectivity index (χ1) is 14.7. The Morgan fingerprint density at radius 2 is 2.00 bits per heavy atom. The number of carbonyl (C=O) groups excluding carboxylic acids is 3. The molecule has 0 radical (unpaired) electrons. The van der Waals surface area contributed by atoms with Crippen molar-refractivity contribution < 1.29 is 32.6 Å². The molecule has 3 rings (SSSR count). The van der Waals surface area contributed by atoms with E-state index in [0.29, 0.717) is 29.0 Å². The number of anilines is 1. The van der Waals surface area contributed by atoms with Crippen LogP contribution in [0.1, 0.15) is 58.3 Å². The highest BCUT2D eigenvalue weighted by molar-refractivity contribution is 7.17. The summed E-state index contributed by atoms with van der Waals surface area (Å²) in [6.07, 6.45) is 1.17. The van der Waals surface area contributed by atoms with Crippen LogP contribution in [0.15, 0.2) is 18.2 Å². The van der Waals surface area contributed by atoms with E-state index in [1.165, 1.54) is 18.3 Å². The Bertz CT molecular complexity index is 1020. The lowest BCUT2D eigenvalue weighted by atomic mass is 9.88. The molecule has 0 saturated heterocycles. The number of rotatable bonds is 6. The predicted molar refractivity (Wildman–Crippen MR) is 111 cm³/mol. The van der Waals surface area contributed by atoms with E-state index < -0.39 is 41.1 Å². The molecule has 1 aromatic heterocycles. The van der Waals surface area contributed by atoms with E-state index in [1.807, 2.05) is 0 Å². The van der Waals surface area contributed by atoms with Crippen molar-refractivity contribution in [2.75, 3.05) is 11.9 Å². The SMILES string of the molecule is CCOC(=O)c1c(NC(=O)[C@@H](C)OC(=O)c2ccc(F)cc2F)sc2c1CC[C@@H](C)C2. The van der Waals surface area contributed by atoms with Gasteiger partial charge in [-0.15, -0.1) is 11.3 Å². The summed E-state index contributed by atoms with van der Waals surface area (Å²) in [5.41, 5.74) is 0.744. The molecule has 31 heavy (non-hydrogen) atoms. The van der Waals surface area contributed by atoms with E-state index in [4.69, 9.17) is 9.47 Å². The zero-order chi connectivity index (χ0) is 22.7. The second kappa shape index (κ2) is 9.55. The first kappa shape index (κ1) is 22.9. The van der Waals surface area contributed by atoms with E-state index >= 15 is 0 Å². The van der Waals surface area contributed by atoms with Gasteiger partial charge in [-0.3, -0.25) is 4.79 Å². The van der Waals surface area contributed by atoms with Crippen molar-refractivity contribution in [1.29, 1.82) is 0 Å². The molecule has 0 unspecified atom stereocenters. The van der Waals surface area contributed by atoms with Gasteiger partial charge in [-0.1, -0.05) is 6.92 Å². The van der Waals surface area contributed by atoms with Crippen LogP contribution >= 0.6 is 11.3 Å². The Hall–Kier alpha value is -2.81. The van der Waals surface area contributed by atoms with Gasteiger partial charge in [0.25, 0.3) is 5.91 Å². The van der Waals surface area contributed by atoms with Crippen molar-refractivity contribution in [3.8, 4) is 0 Å². The summed E-state index contributed by atoms with van der Waals surface area (Å²) >= 11 is 1.31. The summed E-state index contributed by atoms with van der Waals surface area (Å²) in [5.74, 6) is -3.72. The Labute approximate surface area is 182 Å². The lowest BCUT2D eigenvalue weighted by molar-refractivity contribution is -0.123. The molecule has 1 N–H and O–H groups in total. The largest absolute Gasteiger partial charge is 0.462 e. The van der Waals surface area contributed by atoms with Gasteiger partial charge in [0.1, 0.15) is 16.6 Å². The molecule has 1 amide bonds. The predicted octanol–water partition coefficient (Wildman–Crippen LogP) is 4.51. The van der Waals surface area contributed by atoms with E-state index in [2.05, 4.69) is 12.2 Å². The second-order valence-electron chi connectivity index (χ2n) is 7.44. The monoisotopic (exact) mass is 451 g/mol. The number of carbonyl (C=O) groups is 3. The highest BCUT2D eigenvalue weighted by Gasteiger charge is 2.30. The Balaban J connectivity index is 1.77. The molecule has 6 nitrogen and oxygen atoms in total. The summed E-state index contributed by atoms with van der Waals surface area (Å²) in [7, 11) is 0. The summed E-state index contributed by atoms with van der Waals surface area (Å²) in [6.45, 7) is 5.35. The third kappa shape index (κ3) is 5.10. The molecular weight excluding hydrogens is 428 g/mol. The normalized spacial score (nSPS) is 16.2. The zero-order valence-corrected chi connectivity index (χ0v) is 18.2. The smallest absolute Gasteiger partial charge is 0.341 e. The Morgan fingerprint density at radius 1 is 1.26 bits per heavy atom. The van der Waals surface area contributed by atoms with Crippen molar-refractivity contribution in [3.05, 3.63) is 51.4 Å². The number of hydrogen-bond acceptors (Lipinski definition) is 6. The van der Waals surface area contributed by atoms with E-state index in [9.17, 15) is 23.2 Å². The Morgan fingerprint density at radius 3 is 2.68 bits per heavy atom. The van der Waals surface area contributed by atoms with Gasteiger partial charge >= 0.3 is 11.9 Å². The van der Waals surface area contributed by atoms with Gasteiger partial charge in [0, 0.05) is 10.9 Å². The fourth-order valence-corrected chi connectivity index (χ4v) is 4.81. The lowest BCUT2D eigenvalue weighted by Gasteiger charge is -2.18. The van der Waals surface area contributed by atoms with E-state index in [1.54, 1.807) is 6.92 Å². The summed E-state index contributed by atoms with van der Waals surface area (Å²) in [4.78, 5) is 38.4. The first-order valence-electron chi connectivity index (χ1n) is 9.99. The number of esters is 2. The molecule has 2 aromatic rings. The number of hydrogen-bond donors (Lipinski definition) is 1. The maximum absolute atomic E-state index is 13.8. The molecule has 0 fully saturated rings. The van der Waals surface area contributed by atoms with Crippen LogP contribution in [-0.4, -0.2) is 30.6 Å². The summed E-state index contributed by atoms with van der Waals surface area (Å²) in [6, 6.07) is 2.43. The number of fused-ring (bicyclic) bond motifs is 1. The molecule has 0 spiro atoms. The molecule has 1 aliphatic rings. The second-order valence-corrected chi connectivity index (χ2v) is 8.54. The highest BCUT2D eigenvalue weighted by Crippen LogP contribution is 2.40. The first-order valence-corrected chi connectivity index (χ1v) is 10.8. The van der Waals surface area contributed by atoms with Crippen LogP contribution in [0.25, 0.3) is 0 Å². The number of nitrogens with one attached hydrogen (secondary N) is 1. The quantitative estimate of drug-likeness (QED) is 0.654. The average Bonchev–Trinajstić information content (AvgIpc) is 3.04. The van der Waals surface area contributed by atoms with Gasteiger partial charge in [0.15, 0.2) is 6.10 Å². The van der Waals surface area contributed by atoms with Gasteiger partial charge < -0.3 is 14.8 Å². The molecule has 166 valence electrons. The van der Waals surface area contributed by atoms with Crippen LogP contribution < -0.4 is 5.32 Å². The molecule has 9 heteroatoms. The molecule has 0 saturated carbocycles. The number of ether oxygens (including phenoxy) is 2. The van der Waals surface area contributed by atoms with Crippen LogP contribution in [0.5, 0.6) is 0 Å². The zero-order valence-electron chi connectivity index (χ0n) is 17.4. The molecule has 1 heterocycles. The van der Waals surface area contributed by atoms with E-state index in [-0.39, 0.29) is 6.61 Å². The summed E-state index contributed by atoms with van der Waals surface area (Å²) in [5, 5.41) is 3.00. The molecule has 1 aromatic carbocycles. The van der Waals surface area contributed by atoms with Crippen molar-refractivity contribution in [2.24, 2.45) is 5.92 Å². The fourth-order valence-electron chi connectivity index (χ4n) is 3.40. The van der Waals surface area contributed by atoms with Crippen molar-refractivity contribution >= 4 is 34.2 Å². The number of benzene rings is 1. The van der Waals surface area contributed by atoms with Gasteiger partial charge in [-0.05, 0) is 56.7 Å². The van der Waals surface area contributed by atoms with Gasteiger partial charge in [-0.25, -0.2) is 18.4 Å². The standard InChI is InChI=1S/C22H23F2NO5S/c1-4-29-22(28)18-15-7-5-11(2)9-17(15)31-20(18)25-19(26)12(3)30-21(27)14-8-6-13(23)10-16(14)24/h6,8,10-12H,4-5,7,9H2,1-3H3,(H,25,26)/t11-,12-/m1/s1. The van der Waals surface area contributed by atoms with Crippen molar-refractivity contribution in [3.63, 3.8) is 0 Å². The van der Waals surface area contributed by atoms with Crippen LogP contribution in [0.2, 0.25) is 0 Å². The lowest BCUT2D eigenvalue weighted by Crippen LogP contribution is -2.30. The van der Waals surface area contributed by atoms with E-state index in [0.717, 1.165) is 35.4 Å². The minimum Gasteiger partial charge on any atom is -0.462 e. The maximum Gasteiger partial charge on any atom is 0.341 e. The molecule has 2 atom stereocenters. The topological polar surface area (TPSA) is 81.7 Å². The fraction of sp³-hybridized carbons (Fsp3) is 0.409. The van der Waals surface area contributed by atoms with Gasteiger partial charge in [-0.2, -0.15) is 0 Å². The number of thiophene rings is 1. The third-order valence-corrected chi connectivity index (χ3v) is 6.20. The minimum absolute atomic E-state index is 0.199. The molecule has 0 aliphatic heterocycles. The van der Waals surface area contributed by atoms with Gasteiger partial charge in [0.05, 0.1) is 17.7 Å². The number of amides is 1. The van der Waals surface area contributed by atoms with Crippen molar-refractivity contribution in [1.82, 2.24) is 0 Å². The molecular formula is C22H23F2NO5S. The average molecular weight is 451 g/mol. The Kier molecular flexibility index (Phi) is 7.04. The third-order valence-electron chi connectivity index (χ3n) is 5.03. The molecule has 1 aliphatic carbocycles. The van der Waals surface area contributed by atoms with Crippen LogP contribution in [0.4, 0.5) is 13.8 Å². The maximum atomic E-state index is 13.8. The minimum atomic E-state index is -1.27. The van der Waals surface area contributed by atoms with Crippen LogP contribution in [-0.2, 0) is 27.1 Å². The molecule has 0 bridgehead atoms. The summed E-state index contributed by atoms with van der Waals surface area (Å²) < 4.78 is 37.0. The van der Waals surface area contributed by atoms with Gasteiger partial charge in [0.2, 0.25) is 0 Å². The van der Waals surface area contributed by atoms with Crippen LogP contribution in [0.3, 0.4) is 0 Å². The van der Waals surface area contributed by atoms with Crippen molar-refractivity contribution in [2.45, 2.75) is 46.1 Å². The highest BCUT2D eigenvalue weighted by atomic mass is 32.1. The van der Waals surface area contributed by atoms with Crippen LogP contribution in [0, 0.1) is 17.6 Å².